The summed E-state index contributed by atoms with van der Waals surface area (Å²) in [5.41, 5.74) is 1.41. The molecule has 0 saturated heterocycles. The van der Waals surface area contributed by atoms with Gasteiger partial charge in [0.05, 0.1) is 6.10 Å². The SMILES string of the molecule is CCNC(c1ccc(OC2CC2)cc1)C(C)C1CC1. The smallest absolute Gasteiger partial charge is 0.119 e. The molecule has 2 heteroatoms. The normalized spacial score (nSPS) is 22.0. The van der Waals surface area contributed by atoms with Crippen LogP contribution in [0.2, 0.25) is 0 Å². The third kappa shape index (κ3) is 3.30. The molecule has 2 fully saturated rings. The second-order valence-electron chi connectivity index (χ2n) is 6.12. The highest BCUT2D eigenvalue weighted by Crippen LogP contribution is 2.42. The molecule has 1 aromatic carbocycles. The molecular formula is C17H25NO. The van der Waals surface area contributed by atoms with Crippen LogP contribution in [0.3, 0.4) is 0 Å². The number of rotatable bonds is 7. The van der Waals surface area contributed by atoms with Crippen LogP contribution in [-0.2, 0) is 0 Å². The standard InChI is InChI=1S/C17H25NO/c1-3-18-17(12(2)13-4-5-13)14-6-8-15(9-7-14)19-16-10-11-16/h6-9,12-13,16-18H,3-5,10-11H2,1-2H3. The summed E-state index contributed by atoms with van der Waals surface area (Å²) in [4.78, 5) is 0. The minimum atomic E-state index is 0.487. The summed E-state index contributed by atoms with van der Waals surface area (Å²) >= 11 is 0. The van der Waals surface area contributed by atoms with Crippen molar-refractivity contribution in [1.82, 2.24) is 5.32 Å². The molecule has 2 saturated carbocycles. The highest BCUT2D eigenvalue weighted by molar-refractivity contribution is 5.30. The second-order valence-corrected chi connectivity index (χ2v) is 6.12. The fourth-order valence-electron chi connectivity index (χ4n) is 2.85. The van der Waals surface area contributed by atoms with E-state index in [1.54, 1.807) is 0 Å². The molecule has 0 aliphatic heterocycles. The first-order valence-corrected chi connectivity index (χ1v) is 7.78. The summed E-state index contributed by atoms with van der Waals surface area (Å²) < 4.78 is 5.82. The lowest BCUT2D eigenvalue weighted by atomic mass is 9.90. The Morgan fingerprint density at radius 1 is 1.16 bits per heavy atom. The molecule has 0 amide bonds. The Kier molecular flexibility index (Phi) is 3.79. The topological polar surface area (TPSA) is 21.3 Å². The van der Waals surface area contributed by atoms with Crippen molar-refractivity contribution >= 4 is 0 Å². The lowest BCUT2D eigenvalue weighted by molar-refractivity contribution is 0.302. The largest absolute Gasteiger partial charge is 0.490 e. The van der Waals surface area contributed by atoms with Crippen LogP contribution in [0, 0.1) is 11.8 Å². The quantitative estimate of drug-likeness (QED) is 0.801. The van der Waals surface area contributed by atoms with Crippen molar-refractivity contribution < 1.29 is 4.74 Å². The maximum absolute atomic E-state index is 5.82. The summed E-state index contributed by atoms with van der Waals surface area (Å²) in [6.45, 7) is 5.61. The van der Waals surface area contributed by atoms with E-state index in [-0.39, 0.29) is 0 Å². The lowest BCUT2D eigenvalue weighted by Gasteiger charge is -2.25. The number of nitrogens with one attached hydrogen (secondary N) is 1. The van der Waals surface area contributed by atoms with E-state index in [2.05, 4.69) is 43.4 Å². The molecule has 0 spiro atoms. The van der Waals surface area contributed by atoms with E-state index in [0.717, 1.165) is 24.1 Å². The zero-order chi connectivity index (χ0) is 13.2. The highest BCUT2D eigenvalue weighted by Gasteiger charge is 2.33. The van der Waals surface area contributed by atoms with E-state index in [4.69, 9.17) is 4.74 Å². The Balaban J connectivity index is 1.69. The summed E-state index contributed by atoms with van der Waals surface area (Å²) in [5, 5.41) is 3.65. The molecule has 0 bridgehead atoms. The van der Waals surface area contributed by atoms with Crippen molar-refractivity contribution in [3.05, 3.63) is 29.8 Å². The van der Waals surface area contributed by atoms with Crippen LogP contribution >= 0.6 is 0 Å². The molecule has 0 heterocycles. The van der Waals surface area contributed by atoms with Crippen LogP contribution in [0.25, 0.3) is 0 Å². The van der Waals surface area contributed by atoms with Gasteiger partial charge in [-0.05, 0) is 61.8 Å². The van der Waals surface area contributed by atoms with Crippen molar-refractivity contribution in [2.75, 3.05) is 6.54 Å². The predicted octanol–water partition coefficient (Wildman–Crippen LogP) is 3.92. The van der Waals surface area contributed by atoms with Gasteiger partial charge in [0.15, 0.2) is 0 Å². The van der Waals surface area contributed by atoms with Gasteiger partial charge in [-0.25, -0.2) is 0 Å². The van der Waals surface area contributed by atoms with Crippen LogP contribution < -0.4 is 10.1 Å². The monoisotopic (exact) mass is 259 g/mol. The van der Waals surface area contributed by atoms with E-state index < -0.39 is 0 Å². The third-order valence-corrected chi connectivity index (χ3v) is 4.38. The maximum atomic E-state index is 5.82. The molecule has 1 aromatic rings. The number of ether oxygens (including phenoxy) is 1. The molecule has 3 rings (SSSR count). The van der Waals surface area contributed by atoms with Crippen molar-refractivity contribution in [2.45, 2.75) is 51.7 Å². The molecule has 2 unspecified atom stereocenters. The van der Waals surface area contributed by atoms with Crippen molar-refractivity contribution in [3.8, 4) is 5.75 Å². The minimum absolute atomic E-state index is 0.487. The van der Waals surface area contributed by atoms with Gasteiger partial charge in [-0.1, -0.05) is 26.0 Å². The van der Waals surface area contributed by atoms with Gasteiger partial charge < -0.3 is 10.1 Å². The predicted molar refractivity (Wildman–Crippen MR) is 78.4 cm³/mol. The van der Waals surface area contributed by atoms with Gasteiger partial charge in [-0.3, -0.25) is 0 Å². The van der Waals surface area contributed by atoms with Gasteiger partial charge in [0.25, 0.3) is 0 Å². The number of hydrogen-bond donors (Lipinski definition) is 1. The van der Waals surface area contributed by atoms with Gasteiger partial charge in [0, 0.05) is 6.04 Å². The zero-order valence-corrected chi connectivity index (χ0v) is 12.1. The van der Waals surface area contributed by atoms with Gasteiger partial charge in [0.2, 0.25) is 0 Å². The first-order chi connectivity index (χ1) is 9.28. The van der Waals surface area contributed by atoms with Crippen LogP contribution in [0.4, 0.5) is 0 Å². The second kappa shape index (κ2) is 5.54. The van der Waals surface area contributed by atoms with Gasteiger partial charge in [0.1, 0.15) is 5.75 Å². The molecule has 0 radical (unpaired) electrons. The average Bonchev–Trinajstić information content (AvgIpc) is 3.28. The number of hydrogen-bond acceptors (Lipinski definition) is 2. The van der Waals surface area contributed by atoms with Crippen LogP contribution in [0.15, 0.2) is 24.3 Å². The van der Waals surface area contributed by atoms with Crippen molar-refractivity contribution in [3.63, 3.8) is 0 Å². The molecule has 1 N–H and O–H groups in total. The maximum Gasteiger partial charge on any atom is 0.119 e. The van der Waals surface area contributed by atoms with E-state index in [0.29, 0.717) is 12.1 Å². The van der Waals surface area contributed by atoms with Crippen molar-refractivity contribution in [1.29, 1.82) is 0 Å². The summed E-state index contributed by atoms with van der Waals surface area (Å²) in [6.07, 6.45) is 5.75. The van der Waals surface area contributed by atoms with E-state index >= 15 is 0 Å². The van der Waals surface area contributed by atoms with Gasteiger partial charge >= 0.3 is 0 Å². The first-order valence-electron chi connectivity index (χ1n) is 7.78. The third-order valence-electron chi connectivity index (χ3n) is 4.38. The Morgan fingerprint density at radius 3 is 2.37 bits per heavy atom. The van der Waals surface area contributed by atoms with E-state index in [1.807, 2.05) is 0 Å². The molecule has 2 atom stereocenters. The molecule has 2 aliphatic rings. The fourth-order valence-corrected chi connectivity index (χ4v) is 2.85. The first kappa shape index (κ1) is 13.0. The van der Waals surface area contributed by atoms with Crippen LogP contribution in [-0.4, -0.2) is 12.6 Å². The summed E-state index contributed by atoms with van der Waals surface area (Å²) in [7, 11) is 0. The summed E-state index contributed by atoms with van der Waals surface area (Å²) in [6, 6.07) is 9.25. The highest BCUT2D eigenvalue weighted by atomic mass is 16.5. The Hall–Kier alpha value is -1.02. The Morgan fingerprint density at radius 2 is 1.84 bits per heavy atom. The van der Waals surface area contributed by atoms with E-state index in [1.165, 1.54) is 31.2 Å². The number of benzene rings is 1. The molecule has 2 aliphatic carbocycles. The molecule has 19 heavy (non-hydrogen) atoms. The lowest BCUT2D eigenvalue weighted by Crippen LogP contribution is -2.27. The van der Waals surface area contributed by atoms with Crippen LogP contribution in [0.1, 0.15) is 51.1 Å². The van der Waals surface area contributed by atoms with Crippen molar-refractivity contribution in [2.24, 2.45) is 11.8 Å². The van der Waals surface area contributed by atoms with E-state index in [9.17, 15) is 0 Å². The Labute approximate surface area is 116 Å². The molecule has 2 nitrogen and oxygen atoms in total. The summed E-state index contributed by atoms with van der Waals surface area (Å²) in [5.74, 6) is 2.68. The van der Waals surface area contributed by atoms with Gasteiger partial charge in [-0.15, -0.1) is 0 Å². The molecule has 104 valence electrons. The fraction of sp³-hybridized carbons (Fsp3) is 0.647. The Bertz CT molecular complexity index is 406. The minimum Gasteiger partial charge on any atom is -0.490 e. The van der Waals surface area contributed by atoms with Crippen LogP contribution in [0.5, 0.6) is 5.75 Å². The molecular weight excluding hydrogens is 234 g/mol. The average molecular weight is 259 g/mol. The molecule has 0 aromatic heterocycles. The van der Waals surface area contributed by atoms with Gasteiger partial charge in [-0.2, -0.15) is 0 Å². The zero-order valence-electron chi connectivity index (χ0n) is 12.1.